The molecule has 0 aliphatic rings. The molecule has 3 heteroatoms. The average molecular weight is 268 g/mol. The molecule has 0 heterocycles. The minimum atomic E-state index is -0.514. The Kier molecular flexibility index (Phi) is 12.5. The molecule has 0 saturated carbocycles. The van der Waals surface area contributed by atoms with Gasteiger partial charge in [-0.15, -0.1) is 0 Å². The number of esters is 2. The van der Waals surface area contributed by atoms with Crippen molar-refractivity contribution in [2.24, 2.45) is 0 Å². The molecule has 0 spiro atoms. The van der Waals surface area contributed by atoms with E-state index in [0.29, 0.717) is 6.42 Å². The molecule has 0 rings (SSSR count). The molecule has 19 heavy (non-hydrogen) atoms. The van der Waals surface area contributed by atoms with Gasteiger partial charge in [-0.25, -0.2) is 0 Å². The zero-order valence-electron chi connectivity index (χ0n) is 12.5. The van der Waals surface area contributed by atoms with Crippen LogP contribution >= 0.6 is 0 Å². The van der Waals surface area contributed by atoms with E-state index in [0.717, 1.165) is 25.7 Å². The molecule has 0 fully saturated rings. The van der Waals surface area contributed by atoms with E-state index in [2.05, 4.69) is 23.8 Å². The number of rotatable bonds is 11. The van der Waals surface area contributed by atoms with E-state index in [1.807, 2.05) is 0 Å². The maximum atomic E-state index is 11.1. The van der Waals surface area contributed by atoms with Crippen LogP contribution in [-0.2, 0) is 14.3 Å². The fraction of sp³-hybridized carbons (Fsp3) is 0.750. The summed E-state index contributed by atoms with van der Waals surface area (Å²) in [5, 5.41) is 0. The highest BCUT2D eigenvalue weighted by molar-refractivity contribution is 5.83. The van der Waals surface area contributed by atoms with Crippen molar-refractivity contribution in [2.75, 3.05) is 0 Å². The van der Waals surface area contributed by atoms with Crippen LogP contribution in [0.2, 0.25) is 0 Å². The third kappa shape index (κ3) is 14.8. The zero-order valence-corrected chi connectivity index (χ0v) is 12.5. The van der Waals surface area contributed by atoms with Crippen LogP contribution in [0, 0.1) is 0 Å². The van der Waals surface area contributed by atoms with Gasteiger partial charge in [-0.1, -0.05) is 51.2 Å². The third-order valence-electron chi connectivity index (χ3n) is 2.90. The van der Waals surface area contributed by atoms with E-state index in [9.17, 15) is 9.59 Å². The van der Waals surface area contributed by atoms with Gasteiger partial charge in [0.15, 0.2) is 0 Å². The second-order valence-electron chi connectivity index (χ2n) is 4.89. The summed E-state index contributed by atoms with van der Waals surface area (Å²) in [7, 11) is 0. The summed E-state index contributed by atoms with van der Waals surface area (Å²) in [6, 6.07) is 0. The van der Waals surface area contributed by atoms with E-state index in [1.165, 1.54) is 39.0 Å². The van der Waals surface area contributed by atoms with Crippen LogP contribution in [-0.4, -0.2) is 11.9 Å². The predicted octanol–water partition coefficient (Wildman–Crippen LogP) is 4.55. The Labute approximate surface area is 117 Å². The highest BCUT2D eigenvalue weighted by Crippen LogP contribution is 2.08. The molecule has 0 amide bonds. The van der Waals surface area contributed by atoms with Crippen molar-refractivity contribution < 1.29 is 14.3 Å². The van der Waals surface area contributed by atoms with Gasteiger partial charge in [0, 0.05) is 13.3 Å². The van der Waals surface area contributed by atoms with Crippen molar-refractivity contribution in [3.8, 4) is 0 Å². The number of unbranched alkanes of at least 4 members (excludes halogenated alkanes) is 7. The monoisotopic (exact) mass is 268 g/mol. The van der Waals surface area contributed by atoms with Crippen LogP contribution in [0.25, 0.3) is 0 Å². The molecule has 0 saturated heterocycles. The first kappa shape index (κ1) is 17.9. The van der Waals surface area contributed by atoms with Gasteiger partial charge in [0.2, 0.25) is 0 Å². The Morgan fingerprint density at radius 1 is 0.895 bits per heavy atom. The maximum absolute atomic E-state index is 11.1. The SMILES string of the molecule is CCCC/C=C\CCCCCCCC(=O)OC(C)=O. The van der Waals surface area contributed by atoms with Crippen LogP contribution in [0.3, 0.4) is 0 Å². The molecule has 0 aliphatic heterocycles. The van der Waals surface area contributed by atoms with Crippen molar-refractivity contribution in [3.63, 3.8) is 0 Å². The van der Waals surface area contributed by atoms with Gasteiger partial charge in [-0.05, 0) is 25.7 Å². The summed E-state index contributed by atoms with van der Waals surface area (Å²) in [5.41, 5.74) is 0. The summed E-state index contributed by atoms with van der Waals surface area (Å²) >= 11 is 0. The van der Waals surface area contributed by atoms with Gasteiger partial charge in [0.1, 0.15) is 0 Å². The summed E-state index contributed by atoms with van der Waals surface area (Å²) in [5.74, 6) is -0.911. The molecule has 0 unspecified atom stereocenters. The summed E-state index contributed by atoms with van der Waals surface area (Å²) in [6.07, 6.45) is 15.3. The zero-order chi connectivity index (χ0) is 14.3. The van der Waals surface area contributed by atoms with Gasteiger partial charge < -0.3 is 4.74 Å². The molecule has 0 aromatic carbocycles. The predicted molar refractivity (Wildman–Crippen MR) is 77.8 cm³/mol. The number of carbonyl (C=O) groups is 2. The lowest BCUT2D eigenvalue weighted by molar-refractivity contribution is -0.158. The van der Waals surface area contributed by atoms with Crippen molar-refractivity contribution in [2.45, 2.75) is 78.1 Å². The van der Waals surface area contributed by atoms with Crippen molar-refractivity contribution in [3.05, 3.63) is 12.2 Å². The lowest BCUT2D eigenvalue weighted by atomic mass is 10.1. The van der Waals surface area contributed by atoms with Crippen molar-refractivity contribution in [1.82, 2.24) is 0 Å². The van der Waals surface area contributed by atoms with Gasteiger partial charge >= 0.3 is 11.9 Å². The van der Waals surface area contributed by atoms with Crippen LogP contribution in [0.1, 0.15) is 78.1 Å². The van der Waals surface area contributed by atoms with Gasteiger partial charge in [0.25, 0.3) is 0 Å². The van der Waals surface area contributed by atoms with Gasteiger partial charge in [0.05, 0.1) is 0 Å². The van der Waals surface area contributed by atoms with Gasteiger partial charge in [-0.3, -0.25) is 9.59 Å². The highest BCUT2D eigenvalue weighted by atomic mass is 16.6. The Balaban J connectivity index is 3.21. The molecular formula is C16H28O3. The number of carbonyl (C=O) groups excluding carboxylic acids is 2. The molecule has 110 valence electrons. The van der Waals surface area contributed by atoms with Gasteiger partial charge in [-0.2, -0.15) is 0 Å². The summed E-state index contributed by atoms with van der Waals surface area (Å²) in [6.45, 7) is 3.46. The topological polar surface area (TPSA) is 43.4 Å². The lowest BCUT2D eigenvalue weighted by Gasteiger charge is -2.00. The highest BCUT2D eigenvalue weighted by Gasteiger charge is 2.04. The van der Waals surface area contributed by atoms with Crippen LogP contribution in [0.5, 0.6) is 0 Å². The number of allylic oxidation sites excluding steroid dienone is 2. The molecule has 0 aromatic heterocycles. The normalized spacial score (nSPS) is 10.8. The molecule has 0 aromatic rings. The maximum Gasteiger partial charge on any atom is 0.313 e. The smallest absolute Gasteiger partial charge is 0.313 e. The molecule has 0 atom stereocenters. The number of hydrogen-bond donors (Lipinski definition) is 0. The lowest BCUT2D eigenvalue weighted by Crippen LogP contribution is -2.08. The Hall–Kier alpha value is -1.12. The number of ether oxygens (including phenoxy) is 1. The molecule has 0 bridgehead atoms. The standard InChI is InChI=1S/C16H28O3/c1-3-4-5-6-7-8-9-10-11-12-13-14-16(18)19-15(2)17/h6-7H,3-5,8-14H2,1-2H3/b7-6-. The minimum absolute atomic E-state index is 0.358. The first-order chi connectivity index (χ1) is 9.16. The Morgan fingerprint density at radius 2 is 1.47 bits per heavy atom. The molecule has 3 nitrogen and oxygen atoms in total. The van der Waals surface area contributed by atoms with E-state index in [1.54, 1.807) is 0 Å². The van der Waals surface area contributed by atoms with Crippen molar-refractivity contribution in [1.29, 1.82) is 0 Å². The Morgan fingerprint density at radius 3 is 2.11 bits per heavy atom. The molecular weight excluding hydrogens is 240 g/mol. The summed E-state index contributed by atoms with van der Waals surface area (Å²) in [4.78, 5) is 21.6. The first-order valence-electron chi connectivity index (χ1n) is 7.53. The van der Waals surface area contributed by atoms with E-state index in [-0.39, 0.29) is 0 Å². The molecule has 0 radical (unpaired) electrons. The van der Waals surface area contributed by atoms with E-state index in [4.69, 9.17) is 0 Å². The van der Waals surface area contributed by atoms with E-state index >= 15 is 0 Å². The second-order valence-corrected chi connectivity index (χ2v) is 4.89. The first-order valence-corrected chi connectivity index (χ1v) is 7.53. The fourth-order valence-corrected chi connectivity index (χ4v) is 1.83. The number of hydrogen-bond acceptors (Lipinski definition) is 3. The fourth-order valence-electron chi connectivity index (χ4n) is 1.83. The minimum Gasteiger partial charge on any atom is -0.393 e. The quantitative estimate of drug-likeness (QED) is 0.239. The second kappa shape index (κ2) is 13.3. The molecule has 0 N–H and O–H groups in total. The van der Waals surface area contributed by atoms with Crippen LogP contribution in [0.15, 0.2) is 12.2 Å². The van der Waals surface area contributed by atoms with Crippen molar-refractivity contribution >= 4 is 11.9 Å². The largest absolute Gasteiger partial charge is 0.393 e. The average Bonchev–Trinajstić information content (AvgIpc) is 2.35. The summed E-state index contributed by atoms with van der Waals surface area (Å²) < 4.78 is 4.46. The van der Waals surface area contributed by atoms with Crippen LogP contribution in [0.4, 0.5) is 0 Å². The molecule has 0 aliphatic carbocycles. The van der Waals surface area contributed by atoms with E-state index < -0.39 is 11.9 Å². The van der Waals surface area contributed by atoms with Crippen LogP contribution < -0.4 is 0 Å². The Bertz CT molecular complexity index is 269. The third-order valence-corrected chi connectivity index (χ3v) is 2.90.